The Morgan fingerprint density at radius 1 is 1.27 bits per heavy atom. The molecule has 0 bridgehead atoms. The highest BCUT2D eigenvalue weighted by atomic mass is 16.5. The van der Waals surface area contributed by atoms with Gasteiger partial charge in [0.15, 0.2) is 5.82 Å². The predicted molar refractivity (Wildman–Crippen MR) is 101 cm³/mol. The monoisotopic (exact) mass is 355 g/mol. The SMILES string of the molecule is C=CCN(CC(=O)Nc1cc(C)on1)C(=O)c1ccc(C(C)(C)C)cc1. The predicted octanol–water partition coefficient (Wildman–Crippen LogP) is 3.55. The highest BCUT2D eigenvalue weighted by Crippen LogP contribution is 2.22. The normalized spacial score (nSPS) is 11.1. The van der Waals surface area contributed by atoms with Gasteiger partial charge >= 0.3 is 0 Å². The molecule has 0 atom stereocenters. The molecule has 0 saturated carbocycles. The summed E-state index contributed by atoms with van der Waals surface area (Å²) in [5.41, 5.74) is 1.69. The first-order chi connectivity index (χ1) is 12.2. The fourth-order valence-electron chi connectivity index (χ4n) is 2.45. The van der Waals surface area contributed by atoms with Crippen LogP contribution in [-0.2, 0) is 10.2 Å². The Hall–Kier alpha value is -2.89. The average Bonchev–Trinajstić information content (AvgIpc) is 2.98. The minimum Gasteiger partial charge on any atom is -0.360 e. The number of carbonyl (C=O) groups is 2. The van der Waals surface area contributed by atoms with Crippen molar-refractivity contribution in [2.75, 3.05) is 18.4 Å². The fourth-order valence-corrected chi connectivity index (χ4v) is 2.45. The summed E-state index contributed by atoms with van der Waals surface area (Å²) in [6, 6.07) is 9.08. The number of rotatable bonds is 6. The molecule has 0 aliphatic carbocycles. The zero-order valence-corrected chi connectivity index (χ0v) is 15.7. The first-order valence-electron chi connectivity index (χ1n) is 8.44. The van der Waals surface area contributed by atoms with Crippen LogP contribution in [0.3, 0.4) is 0 Å². The van der Waals surface area contributed by atoms with Crippen molar-refractivity contribution in [3.05, 3.63) is 59.9 Å². The number of nitrogens with one attached hydrogen (secondary N) is 1. The summed E-state index contributed by atoms with van der Waals surface area (Å²) >= 11 is 0. The maximum Gasteiger partial charge on any atom is 0.254 e. The van der Waals surface area contributed by atoms with E-state index in [1.807, 2.05) is 12.1 Å². The van der Waals surface area contributed by atoms with Crippen LogP contribution >= 0.6 is 0 Å². The van der Waals surface area contributed by atoms with E-state index in [1.165, 1.54) is 4.90 Å². The van der Waals surface area contributed by atoms with Crippen LogP contribution in [0.2, 0.25) is 0 Å². The minimum absolute atomic E-state index is 0.0119. The quantitative estimate of drug-likeness (QED) is 0.804. The molecule has 6 nitrogen and oxygen atoms in total. The van der Waals surface area contributed by atoms with E-state index >= 15 is 0 Å². The Kier molecular flexibility index (Phi) is 5.97. The molecule has 2 aromatic rings. The van der Waals surface area contributed by atoms with Gasteiger partial charge in [0.2, 0.25) is 5.91 Å². The second-order valence-corrected chi connectivity index (χ2v) is 7.17. The molecule has 26 heavy (non-hydrogen) atoms. The van der Waals surface area contributed by atoms with Gasteiger partial charge in [-0.3, -0.25) is 9.59 Å². The average molecular weight is 355 g/mol. The van der Waals surface area contributed by atoms with Crippen molar-refractivity contribution < 1.29 is 14.1 Å². The van der Waals surface area contributed by atoms with Crippen LogP contribution in [0.4, 0.5) is 5.82 Å². The number of carbonyl (C=O) groups excluding carboxylic acids is 2. The summed E-state index contributed by atoms with van der Waals surface area (Å²) in [7, 11) is 0. The Bertz CT molecular complexity index is 785. The lowest BCUT2D eigenvalue weighted by atomic mass is 9.86. The van der Waals surface area contributed by atoms with Crippen molar-refractivity contribution in [1.82, 2.24) is 10.1 Å². The zero-order chi connectivity index (χ0) is 19.3. The van der Waals surface area contributed by atoms with Crippen molar-refractivity contribution in [1.29, 1.82) is 0 Å². The second-order valence-electron chi connectivity index (χ2n) is 7.17. The number of amides is 2. The topological polar surface area (TPSA) is 75.4 Å². The molecule has 6 heteroatoms. The van der Waals surface area contributed by atoms with Crippen LogP contribution in [0.15, 0.2) is 47.5 Å². The van der Waals surface area contributed by atoms with Gasteiger partial charge in [0, 0.05) is 18.2 Å². The molecule has 0 radical (unpaired) electrons. The minimum atomic E-state index is -0.347. The van der Waals surface area contributed by atoms with E-state index < -0.39 is 0 Å². The van der Waals surface area contributed by atoms with E-state index in [1.54, 1.807) is 31.2 Å². The molecule has 2 rings (SSSR count). The fraction of sp³-hybridized carbons (Fsp3) is 0.350. The third kappa shape index (κ3) is 5.05. The first kappa shape index (κ1) is 19.4. The van der Waals surface area contributed by atoms with Gasteiger partial charge in [0.25, 0.3) is 5.91 Å². The van der Waals surface area contributed by atoms with Crippen LogP contribution in [-0.4, -0.2) is 35.0 Å². The van der Waals surface area contributed by atoms with Gasteiger partial charge in [-0.05, 0) is 30.0 Å². The van der Waals surface area contributed by atoms with E-state index in [0.717, 1.165) is 5.56 Å². The molecular formula is C20H25N3O3. The Morgan fingerprint density at radius 3 is 2.42 bits per heavy atom. The van der Waals surface area contributed by atoms with E-state index in [4.69, 9.17) is 4.52 Å². The van der Waals surface area contributed by atoms with Crippen molar-refractivity contribution in [3.8, 4) is 0 Å². The van der Waals surface area contributed by atoms with Gasteiger partial charge in [0.05, 0.1) is 0 Å². The largest absolute Gasteiger partial charge is 0.360 e. The number of benzene rings is 1. The third-order valence-electron chi connectivity index (χ3n) is 3.86. The number of hydrogen-bond donors (Lipinski definition) is 1. The van der Waals surface area contributed by atoms with E-state index in [-0.39, 0.29) is 30.3 Å². The number of hydrogen-bond acceptors (Lipinski definition) is 4. The number of aromatic nitrogens is 1. The molecule has 0 aliphatic rings. The maximum absolute atomic E-state index is 12.8. The lowest BCUT2D eigenvalue weighted by Gasteiger charge is -2.22. The molecule has 0 fully saturated rings. The van der Waals surface area contributed by atoms with Gasteiger partial charge in [-0.2, -0.15) is 0 Å². The van der Waals surface area contributed by atoms with Gasteiger partial charge in [0.1, 0.15) is 12.3 Å². The third-order valence-corrected chi connectivity index (χ3v) is 3.86. The Labute approximate surface area is 153 Å². The molecule has 1 N–H and O–H groups in total. The van der Waals surface area contributed by atoms with Crippen LogP contribution in [0.25, 0.3) is 0 Å². The standard InChI is InChI=1S/C20H25N3O3/c1-6-11-23(13-18(24)21-17-12-14(2)26-22-17)19(25)15-7-9-16(10-8-15)20(3,4)5/h6-10,12H,1,11,13H2,2-5H3,(H,21,22,24). The van der Waals surface area contributed by atoms with Gasteiger partial charge in [-0.25, -0.2) is 0 Å². The molecule has 1 aromatic carbocycles. The van der Waals surface area contributed by atoms with Gasteiger partial charge < -0.3 is 14.7 Å². The number of anilines is 1. The second kappa shape index (κ2) is 7.99. The zero-order valence-electron chi connectivity index (χ0n) is 15.7. The van der Waals surface area contributed by atoms with Crippen LogP contribution in [0, 0.1) is 6.92 Å². The smallest absolute Gasteiger partial charge is 0.254 e. The molecule has 0 spiro atoms. The molecule has 0 aliphatic heterocycles. The highest BCUT2D eigenvalue weighted by Gasteiger charge is 2.20. The van der Waals surface area contributed by atoms with Crippen molar-refractivity contribution in [2.45, 2.75) is 33.1 Å². The molecule has 138 valence electrons. The van der Waals surface area contributed by atoms with Gasteiger partial charge in [-0.1, -0.05) is 44.1 Å². The summed E-state index contributed by atoms with van der Waals surface area (Å²) < 4.78 is 4.91. The van der Waals surface area contributed by atoms with Crippen LogP contribution < -0.4 is 5.32 Å². The molecule has 2 amide bonds. The number of nitrogens with zero attached hydrogens (tertiary/aromatic N) is 2. The van der Waals surface area contributed by atoms with E-state index in [0.29, 0.717) is 17.1 Å². The molecule has 1 aromatic heterocycles. The lowest BCUT2D eigenvalue weighted by molar-refractivity contribution is -0.116. The summed E-state index contributed by atoms with van der Waals surface area (Å²) in [6.07, 6.45) is 1.59. The van der Waals surface area contributed by atoms with E-state index in [2.05, 4.69) is 37.8 Å². The van der Waals surface area contributed by atoms with Crippen molar-refractivity contribution in [2.24, 2.45) is 0 Å². The van der Waals surface area contributed by atoms with Crippen LogP contribution in [0.1, 0.15) is 42.5 Å². The summed E-state index contributed by atoms with van der Waals surface area (Å²) in [4.78, 5) is 26.4. The molecule has 0 saturated heterocycles. The van der Waals surface area contributed by atoms with Crippen molar-refractivity contribution >= 4 is 17.6 Å². The Balaban J connectivity index is 2.08. The van der Waals surface area contributed by atoms with Gasteiger partial charge in [-0.15, -0.1) is 6.58 Å². The van der Waals surface area contributed by atoms with Crippen molar-refractivity contribution in [3.63, 3.8) is 0 Å². The summed E-state index contributed by atoms with van der Waals surface area (Å²) in [5.74, 6) is 0.350. The highest BCUT2D eigenvalue weighted by molar-refractivity contribution is 5.99. The number of aryl methyl sites for hydroxylation is 1. The first-order valence-corrected chi connectivity index (χ1v) is 8.44. The Morgan fingerprint density at radius 2 is 1.92 bits per heavy atom. The molecular weight excluding hydrogens is 330 g/mol. The van der Waals surface area contributed by atoms with E-state index in [9.17, 15) is 9.59 Å². The van der Waals surface area contributed by atoms with Crippen LogP contribution in [0.5, 0.6) is 0 Å². The molecule has 1 heterocycles. The summed E-state index contributed by atoms with van der Waals surface area (Å²) in [6.45, 7) is 11.9. The molecule has 0 unspecified atom stereocenters. The lowest BCUT2D eigenvalue weighted by Crippen LogP contribution is -2.38. The summed E-state index contributed by atoms with van der Waals surface area (Å²) in [5, 5.41) is 6.33. The maximum atomic E-state index is 12.8.